The normalized spacial score (nSPS) is 32.8. The van der Waals surface area contributed by atoms with Crippen molar-refractivity contribution in [1.29, 1.82) is 0 Å². The molecule has 6 rings (SSSR count). The Hall–Kier alpha value is -2.98. The Balaban J connectivity index is 1.40. The van der Waals surface area contributed by atoms with E-state index in [1.165, 1.54) is 64.0 Å². The minimum Gasteiger partial charge on any atom is -0.304 e. The molecule has 2 saturated carbocycles. The fourth-order valence-corrected chi connectivity index (χ4v) is 8.22. The minimum atomic E-state index is -0.501. The summed E-state index contributed by atoms with van der Waals surface area (Å²) in [4.78, 5) is 39.9. The largest absolute Gasteiger partial charge is 0.345 e. The van der Waals surface area contributed by atoms with Gasteiger partial charge in [-0.1, -0.05) is 37.7 Å². The van der Waals surface area contributed by atoms with Gasteiger partial charge in [0.2, 0.25) is 0 Å². The van der Waals surface area contributed by atoms with E-state index in [2.05, 4.69) is 25.8 Å². The minimum absolute atomic E-state index is 0.0774. The lowest BCUT2D eigenvalue weighted by molar-refractivity contribution is -0.0494. The molecule has 4 fully saturated rings. The van der Waals surface area contributed by atoms with E-state index in [-0.39, 0.29) is 17.3 Å². The molecule has 2 aliphatic heterocycles. The molecule has 4 atom stereocenters. The first kappa shape index (κ1) is 24.4. The van der Waals surface area contributed by atoms with Crippen LogP contribution >= 0.6 is 0 Å². The maximum Gasteiger partial charge on any atom is 0.345 e. The van der Waals surface area contributed by atoms with Gasteiger partial charge in [-0.25, -0.2) is 14.8 Å². The quantitative estimate of drug-likeness (QED) is 0.657. The number of hydrogen-bond donors (Lipinski definition) is 1. The van der Waals surface area contributed by atoms with E-state index < -0.39 is 5.69 Å². The van der Waals surface area contributed by atoms with Crippen molar-refractivity contribution in [1.82, 2.24) is 24.4 Å². The average Bonchev–Trinajstić information content (AvgIpc) is 2.88. The van der Waals surface area contributed by atoms with Crippen LogP contribution in [0.1, 0.15) is 83.6 Å². The van der Waals surface area contributed by atoms with Crippen LogP contribution in [0.15, 0.2) is 21.9 Å². The summed E-state index contributed by atoms with van der Waals surface area (Å²) >= 11 is 0. The molecule has 37 heavy (non-hydrogen) atoms. The Bertz CT molecular complexity index is 1420. The van der Waals surface area contributed by atoms with Crippen molar-refractivity contribution in [2.24, 2.45) is 11.8 Å². The van der Waals surface area contributed by atoms with Crippen LogP contribution in [0.5, 0.6) is 0 Å². The number of nitrogens with zero attached hydrogens (tertiary/aromatic N) is 4. The van der Waals surface area contributed by atoms with Crippen molar-refractivity contribution in [2.45, 2.75) is 102 Å². The van der Waals surface area contributed by atoms with Gasteiger partial charge in [0.15, 0.2) is 5.69 Å². The topological polar surface area (TPSA) is 83.9 Å². The molecule has 7 nitrogen and oxygen atoms in total. The highest BCUT2D eigenvalue weighted by Crippen LogP contribution is 2.47. The highest BCUT2D eigenvalue weighted by atomic mass is 16.1. The Labute approximate surface area is 217 Å². The number of rotatable bonds is 3. The van der Waals surface area contributed by atoms with E-state index in [0.29, 0.717) is 29.2 Å². The zero-order valence-electron chi connectivity index (χ0n) is 21.7. The van der Waals surface area contributed by atoms with Crippen molar-refractivity contribution >= 4 is 12.2 Å². The number of aromatic nitrogens is 4. The fraction of sp³-hybridized carbons (Fsp3) is 0.600. The molecule has 0 amide bonds. The Morgan fingerprint density at radius 1 is 0.973 bits per heavy atom. The van der Waals surface area contributed by atoms with E-state index in [1.54, 1.807) is 12.1 Å². The monoisotopic (exact) mass is 499 g/mol. The molecule has 0 aromatic carbocycles. The predicted octanol–water partition coefficient (Wildman–Crippen LogP) is 2.73. The standard InChI is InChI=1S/C30H37N5O2/c1-3-7-25-27(4-2)35(29(36)28(32-25)26-12-13-31-30(37)33-26)24-17-21-10-6-11-22(18-24)34(21)23-15-19-8-5-9-20(14-19)16-23/h1,4,7,12-13,19-24H,5-6,8-11,14-18H2,2H3,(H,31,33,37)/b25-7+,27-4+. The fourth-order valence-electron chi connectivity index (χ4n) is 8.22. The molecule has 4 heterocycles. The van der Waals surface area contributed by atoms with Gasteiger partial charge in [0.1, 0.15) is 0 Å². The molecular weight excluding hydrogens is 462 g/mol. The molecule has 0 radical (unpaired) electrons. The molecule has 4 bridgehead atoms. The molecule has 194 valence electrons. The molecule has 2 aliphatic carbocycles. The van der Waals surface area contributed by atoms with E-state index >= 15 is 0 Å². The van der Waals surface area contributed by atoms with Gasteiger partial charge in [0, 0.05) is 36.4 Å². The van der Waals surface area contributed by atoms with Crippen LogP contribution in [0.25, 0.3) is 23.5 Å². The Morgan fingerprint density at radius 3 is 2.32 bits per heavy atom. The van der Waals surface area contributed by atoms with E-state index in [1.807, 2.05) is 17.6 Å². The number of terminal acetylenes is 1. The van der Waals surface area contributed by atoms with Crippen LogP contribution in [0.2, 0.25) is 0 Å². The summed E-state index contributed by atoms with van der Waals surface area (Å²) in [7, 11) is 0. The maximum absolute atomic E-state index is 14.0. The maximum atomic E-state index is 14.0. The molecule has 4 unspecified atom stereocenters. The number of piperidine rings is 2. The second kappa shape index (κ2) is 10.1. The van der Waals surface area contributed by atoms with Gasteiger partial charge in [-0.2, -0.15) is 0 Å². The summed E-state index contributed by atoms with van der Waals surface area (Å²) in [5.74, 6) is 4.41. The SMILES string of the molecule is C#C/C=c1/nc(-c2ccnc(=O)[nH]2)c(=O)n(C2CC3CCCC(C2)N3C2CC3CCCC(C3)C2)/c1=C/C. The number of nitrogens with one attached hydrogen (secondary N) is 1. The summed E-state index contributed by atoms with van der Waals surface area (Å²) in [5.41, 5.74) is -0.0782. The third-order valence-electron chi connectivity index (χ3n) is 9.49. The van der Waals surface area contributed by atoms with Crippen molar-refractivity contribution < 1.29 is 0 Å². The van der Waals surface area contributed by atoms with Crippen LogP contribution in [-0.4, -0.2) is 42.5 Å². The van der Waals surface area contributed by atoms with Crippen LogP contribution < -0.4 is 21.9 Å². The summed E-state index contributed by atoms with van der Waals surface area (Å²) in [6, 6.07) is 3.43. The number of fused-ring (bicyclic) bond motifs is 4. The zero-order chi connectivity index (χ0) is 25.5. The summed E-state index contributed by atoms with van der Waals surface area (Å²) in [5, 5.41) is 1.36. The van der Waals surface area contributed by atoms with Gasteiger partial charge >= 0.3 is 5.69 Å². The third kappa shape index (κ3) is 4.50. The van der Waals surface area contributed by atoms with Crippen LogP contribution in [0.3, 0.4) is 0 Å². The third-order valence-corrected chi connectivity index (χ3v) is 9.49. The Morgan fingerprint density at radius 2 is 1.68 bits per heavy atom. The molecule has 1 N–H and O–H groups in total. The lowest BCUT2D eigenvalue weighted by Crippen LogP contribution is -2.60. The molecule has 7 heteroatoms. The van der Waals surface area contributed by atoms with Gasteiger partial charge in [-0.3, -0.25) is 9.69 Å². The number of H-pyrrole nitrogens is 1. The van der Waals surface area contributed by atoms with Crippen molar-refractivity contribution in [3.63, 3.8) is 0 Å². The highest BCUT2D eigenvalue weighted by Gasteiger charge is 2.45. The van der Waals surface area contributed by atoms with Crippen molar-refractivity contribution in [2.75, 3.05) is 0 Å². The molecule has 2 aromatic heterocycles. The van der Waals surface area contributed by atoms with Crippen LogP contribution in [0.4, 0.5) is 0 Å². The van der Waals surface area contributed by atoms with Crippen LogP contribution in [0, 0.1) is 24.2 Å². The Kier molecular flexibility index (Phi) is 6.62. The first-order valence-corrected chi connectivity index (χ1v) is 14.1. The molecular formula is C30H37N5O2. The first-order chi connectivity index (χ1) is 18.1. The second-order valence-electron chi connectivity index (χ2n) is 11.6. The second-order valence-corrected chi connectivity index (χ2v) is 11.6. The van der Waals surface area contributed by atoms with Gasteiger partial charge in [-0.05, 0) is 69.8 Å². The smallest absolute Gasteiger partial charge is 0.304 e. The lowest BCUT2D eigenvalue weighted by Gasteiger charge is -2.55. The molecule has 2 saturated heterocycles. The zero-order valence-corrected chi connectivity index (χ0v) is 21.7. The van der Waals surface area contributed by atoms with Gasteiger partial charge in [0.25, 0.3) is 5.56 Å². The first-order valence-electron chi connectivity index (χ1n) is 14.1. The van der Waals surface area contributed by atoms with Crippen molar-refractivity contribution in [3.05, 3.63) is 43.8 Å². The predicted molar refractivity (Wildman–Crippen MR) is 145 cm³/mol. The molecule has 2 aromatic rings. The highest BCUT2D eigenvalue weighted by molar-refractivity contribution is 5.53. The number of hydrogen-bond acceptors (Lipinski definition) is 5. The molecule has 4 aliphatic rings. The van der Waals surface area contributed by atoms with Crippen LogP contribution in [-0.2, 0) is 0 Å². The molecule has 0 spiro atoms. The van der Waals surface area contributed by atoms with Gasteiger partial charge in [-0.15, -0.1) is 6.42 Å². The summed E-state index contributed by atoms with van der Waals surface area (Å²) in [6.45, 7) is 1.94. The van der Waals surface area contributed by atoms with Gasteiger partial charge in [0.05, 0.1) is 16.4 Å². The average molecular weight is 500 g/mol. The van der Waals surface area contributed by atoms with E-state index in [4.69, 9.17) is 6.42 Å². The summed E-state index contributed by atoms with van der Waals surface area (Å²) < 4.78 is 1.93. The van der Waals surface area contributed by atoms with Crippen molar-refractivity contribution in [3.8, 4) is 23.7 Å². The van der Waals surface area contributed by atoms with E-state index in [9.17, 15) is 9.59 Å². The van der Waals surface area contributed by atoms with E-state index in [0.717, 1.165) is 30.0 Å². The van der Waals surface area contributed by atoms with Gasteiger partial charge < -0.3 is 9.55 Å². The lowest BCUT2D eigenvalue weighted by atomic mass is 9.68. The number of aromatic amines is 1. The summed E-state index contributed by atoms with van der Waals surface area (Å²) in [6.07, 6.45) is 24.6.